The number of nitrogens with one attached hydrogen (secondary N) is 2. The first-order valence-corrected chi connectivity index (χ1v) is 2.96. The van der Waals surface area contributed by atoms with Crippen molar-refractivity contribution in [1.29, 1.82) is 0 Å². The van der Waals surface area contributed by atoms with Crippen molar-refractivity contribution in [2.24, 2.45) is 0 Å². The first kappa shape index (κ1) is 6.51. The maximum Gasteiger partial charge on any atom is 0.294 e. The van der Waals surface area contributed by atoms with Crippen LogP contribution in [0.2, 0.25) is 0 Å². The molecule has 2 N–H and O–H groups in total. The SMILES string of the molecule is O=COC1CNCCN1. The lowest BCUT2D eigenvalue weighted by molar-refractivity contribution is -0.135. The highest BCUT2D eigenvalue weighted by molar-refractivity contribution is 5.37. The topological polar surface area (TPSA) is 50.4 Å². The van der Waals surface area contributed by atoms with Crippen LogP contribution >= 0.6 is 0 Å². The fourth-order valence-electron chi connectivity index (χ4n) is 0.790. The Balaban J connectivity index is 2.15. The summed E-state index contributed by atoms with van der Waals surface area (Å²) in [6, 6.07) is 0. The molecule has 0 aromatic rings. The van der Waals surface area contributed by atoms with E-state index in [0.717, 1.165) is 13.1 Å². The van der Waals surface area contributed by atoms with Crippen molar-refractivity contribution < 1.29 is 9.53 Å². The smallest absolute Gasteiger partial charge is 0.294 e. The Hall–Kier alpha value is -0.610. The third-order valence-electron chi connectivity index (χ3n) is 1.22. The molecule has 4 nitrogen and oxygen atoms in total. The normalized spacial score (nSPS) is 27.3. The molecule has 0 saturated carbocycles. The summed E-state index contributed by atoms with van der Waals surface area (Å²) < 4.78 is 4.63. The summed E-state index contributed by atoms with van der Waals surface area (Å²) in [4.78, 5) is 9.78. The van der Waals surface area contributed by atoms with Gasteiger partial charge in [-0.2, -0.15) is 0 Å². The van der Waals surface area contributed by atoms with Gasteiger partial charge in [-0.05, 0) is 0 Å². The Morgan fingerprint density at radius 1 is 1.56 bits per heavy atom. The van der Waals surface area contributed by atoms with Crippen LogP contribution in [0.3, 0.4) is 0 Å². The number of hydrogen-bond donors (Lipinski definition) is 2. The molecule has 0 spiro atoms. The number of carbonyl (C=O) groups is 1. The molecular weight excluding hydrogens is 120 g/mol. The van der Waals surface area contributed by atoms with E-state index < -0.39 is 0 Å². The molecule has 0 radical (unpaired) electrons. The molecule has 0 bridgehead atoms. The monoisotopic (exact) mass is 130 g/mol. The molecule has 0 aromatic heterocycles. The second-order valence-electron chi connectivity index (χ2n) is 1.88. The third-order valence-corrected chi connectivity index (χ3v) is 1.22. The van der Waals surface area contributed by atoms with E-state index in [2.05, 4.69) is 15.4 Å². The average Bonchev–Trinajstić information content (AvgIpc) is 1.91. The largest absolute Gasteiger partial charge is 0.447 e. The summed E-state index contributed by atoms with van der Waals surface area (Å²) in [5, 5.41) is 6.08. The Labute approximate surface area is 53.6 Å². The molecular formula is C5H10N2O2. The van der Waals surface area contributed by atoms with Crippen molar-refractivity contribution in [3.63, 3.8) is 0 Å². The highest BCUT2D eigenvalue weighted by atomic mass is 16.5. The van der Waals surface area contributed by atoms with Crippen LogP contribution in [0.25, 0.3) is 0 Å². The molecule has 1 heterocycles. The van der Waals surface area contributed by atoms with Gasteiger partial charge in [0.1, 0.15) is 0 Å². The van der Waals surface area contributed by atoms with E-state index in [-0.39, 0.29) is 6.23 Å². The summed E-state index contributed by atoms with van der Waals surface area (Å²) in [5.41, 5.74) is 0. The number of piperazine rings is 1. The van der Waals surface area contributed by atoms with Gasteiger partial charge in [0.15, 0.2) is 6.23 Å². The molecule has 0 amide bonds. The van der Waals surface area contributed by atoms with Gasteiger partial charge < -0.3 is 10.1 Å². The minimum absolute atomic E-state index is 0.128. The lowest BCUT2D eigenvalue weighted by Gasteiger charge is -2.22. The van der Waals surface area contributed by atoms with E-state index in [1.165, 1.54) is 0 Å². The minimum Gasteiger partial charge on any atom is -0.447 e. The fraction of sp³-hybridized carbons (Fsp3) is 0.800. The first-order chi connectivity index (χ1) is 4.43. The van der Waals surface area contributed by atoms with Crippen molar-refractivity contribution in [3.8, 4) is 0 Å². The van der Waals surface area contributed by atoms with Crippen LogP contribution in [0.1, 0.15) is 0 Å². The van der Waals surface area contributed by atoms with Gasteiger partial charge in [-0.1, -0.05) is 0 Å². The standard InChI is InChI=1S/C5H10N2O2/c8-4-9-5-3-6-1-2-7-5/h4-7H,1-3H2. The number of hydrogen-bond acceptors (Lipinski definition) is 4. The maximum atomic E-state index is 9.78. The Morgan fingerprint density at radius 3 is 3.00 bits per heavy atom. The number of carbonyl (C=O) groups excluding carboxylic acids is 1. The molecule has 1 fully saturated rings. The van der Waals surface area contributed by atoms with E-state index in [1.807, 2.05) is 0 Å². The molecule has 52 valence electrons. The number of ether oxygens (including phenoxy) is 1. The maximum absolute atomic E-state index is 9.78. The summed E-state index contributed by atoms with van der Waals surface area (Å²) in [6.45, 7) is 2.97. The summed E-state index contributed by atoms with van der Waals surface area (Å²) in [7, 11) is 0. The van der Waals surface area contributed by atoms with Crippen molar-refractivity contribution in [3.05, 3.63) is 0 Å². The van der Waals surface area contributed by atoms with E-state index in [1.54, 1.807) is 0 Å². The van der Waals surface area contributed by atoms with Crippen LogP contribution in [0.4, 0.5) is 0 Å². The van der Waals surface area contributed by atoms with Gasteiger partial charge in [-0.3, -0.25) is 10.1 Å². The van der Waals surface area contributed by atoms with Crippen molar-refractivity contribution >= 4 is 6.47 Å². The molecule has 1 saturated heterocycles. The third kappa shape index (κ3) is 1.99. The molecule has 1 unspecified atom stereocenters. The van der Waals surface area contributed by atoms with Crippen LogP contribution in [0.5, 0.6) is 0 Å². The first-order valence-electron chi connectivity index (χ1n) is 2.96. The Bertz CT molecular complexity index is 91.0. The summed E-state index contributed by atoms with van der Waals surface area (Å²) in [5.74, 6) is 0. The Morgan fingerprint density at radius 2 is 2.44 bits per heavy atom. The quantitative estimate of drug-likeness (QED) is 0.455. The van der Waals surface area contributed by atoms with Gasteiger partial charge in [0, 0.05) is 19.6 Å². The van der Waals surface area contributed by atoms with Gasteiger partial charge in [-0.15, -0.1) is 0 Å². The highest BCUT2D eigenvalue weighted by Gasteiger charge is 2.10. The van der Waals surface area contributed by atoms with Crippen LogP contribution in [0.15, 0.2) is 0 Å². The predicted molar refractivity (Wildman–Crippen MR) is 31.8 cm³/mol. The van der Waals surface area contributed by atoms with Gasteiger partial charge in [-0.25, -0.2) is 0 Å². The molecule has 1 aliphatic heterocycles. The van der Waals surface area contributed by atoms with Crippen molar-refractivity contribution in [1.82, 2.24) is 10.6 Å². The zero-order valence-electron chi connectivity index (χ0n) is 5.09. The molecule has 1 atom stereocenters. The minimum atomic E-state index is -0.128. The second kappa shape index (κ2) is 3.42. The van der Waals surface area contributed by atoms with E-state index >= 15 is 0 Å². The molecule has 0 aliphatic carbocycles. The molecule has 0 aromatic carbocycles. The van der Waals surface area contributed by atoms with Crippen LogP contribution < -0.4 is 10.6 Å². The fourth-order valence-corrected chi connectivity index (χ4v) is 0.790. The van der Waals surface area contributed by atoms with Crippen molar-refractivity contribution in [2.75, 3.05) is 19.6 Å². The zero-order valence-corrected chi connectivity index (χ0v) is 5.09. The van der Waals surface area contributed by atoms with Crippen LogP contribution in [-0.2, 0) is 9.53 Å². The van der Waals surface area contributed by atoms with Crippen molar-refractivity contribution in [2.45, 2.75) is 6.23 Å². The molecule has 9 heavy (non-hydrogen) atoms. The van der Waals surface area contributed by atoms with E-state index in [0.29, 0.717) is 13.0 Å². The summed E-state index contributed by atoms with van der Waals surface area (Å²) >= 11 is 0. The van der Waals surface area contributed by atoms with Gasteiger partial charge in [0.2, 0.25) is 0 Å². The van der Waals surface area contributed by atoms with Gasteiger partial charge in [0.05, 0.1) is 0 Å². The van der Waals surface area contributed by atoms with E-state index in [4.69, 9.17) is 0 Å². The van der Waals surface area contributed by atoms with E-state index in [9.17, 15) is 4.79 Å². The number of rotatable bonds is 2. The van der Waals surface area contributed by atoms with Crippen LogP contribution in [0, 0.1) is 0 Å². The van der Waals surface area contributed by atoms with Gasteiger partial charge >= 0.3 is 0 Å². The molecule has 1 rings (SSSR count). The van der Waals surface area contributed by atoms with Crippen LogP contribution in [-0.4, -0.2) is 32.3 Å². The van der Waals surface area contributed by atoms with Gasteiger partial charge in [0.25, 0.3) is 6.47 Å². The lowest BCUT2D eigenvalue weighted by Crippen LogP contribution is -2.49. The summed E-state index contributed by atoms with van der Waals surface area (Å²) in [6.07, 6.45) is -0.128. The Kier molecular flexibility index (Phi) is 2.48. The second-order valence-corrected chi connectivity index (χ2v) is 1.88. The average molecular weight is 130 g/mol. The highest BCUT2D eigenvalue weighted by Crippen LogP contribution is 1.85. The molecule has 4 heteroatoms. The predicted octanol–water partition coefficient (Wildman–Crippen LogP) is -1.32. The zero-order chi connectivity index (χ0) is 6.53. The lowest BCUT2D eigenvalue weighted by atomic mass is 10.4. The molecule has 1 aliphatic rings.